The highest BCUT2D eigenvalue weighted by atomic mass is 32.1. The molecule has 0 spiro atoms. The average Bonchev–Trinajstić information content (AvgIpc) is 3.32. The highest BCUT2D eigenvalue weighted by Gasteiger charge is 2.11. The van der Waals surface area contributed by atoms with E-state index in [-0.39, 0.29) is 24.8 Å². The number of anilines is 1. The second-order valence-electron chi connectivity index (χ2n) is 5.63. The van der Waals surface area contributed by atoms with Crippen molar-refractivity contribution >= 4 is 40.2 Å². The number of carbonyl (C=O) groups is 2. The van der Waals surface area contributed by atoms with Gasteiger partial charge in [-0.05, 0) is 29.5 Å². The average molecular weight is 386 g/mol. The van der Waals surface area contributed by atoms with Crippen molar-refractivity contribution in [2.75, 3.05) is 11.9 Å². The normalized spacial score (nSPS) is 10.5. The van der Waals surface area contributed by atoms with E-state index in [0.29, 0.717) is 5.69 Å². The summed E-state index contributed by atoms with van der Waals surface area (Å²) < 4.78 is 0. The largest absolute Gasteiger partial charge is 0.347 e. The first-order valence-corrected chi connectivity index (χ1v) is 10.0. The number of rotatable bonds is 7. The van der Waals surface area contributed by atoms with E-state index in [4.69, 9.17) is 0 Å². The zero-order valence-electron chi connectivity index (χ0n) is 14.3. The fraction of sp³-hybridized carbons (Fsp3) is 0.211. The number of thiophene rings is 1. The molecule has 0 aliphatic heterocycles. The predicted octanol–water partition coefficient (Wildman–Crippen LogP) is 3.73. The van der Waals surface area contributed by atoms with Crippen LogP contribution in [0.1, 0.15) is 18.2 Å². The summed E-state index contributed by atoms with van der Waals surface area (Å²) in [5.41, 5.74) is 2.57. The Hall–Kier alpha value is -2.51. The molecule has 0 aliphatic carbocycles. The summed E-state index contributed by atoms with van der Waals surface area (Å²) in [6.07, 6.45) is 1.000. The molecule has 0 atom stereocenters. The molecule has 1 aromatic carbocycles. The van der Waals surface area contributed by atoms with Crippen molar-refractivity contribution in [3.05, 3.63) is 58.4 Å². The van der Waals surface area contributed by atoms with Gasteiger partial charge in [-0.1, -0.05) is 31.2 Å². The number of nitrogens with zero attached hydrogens (tertiary/aromatic N) is 1. The van der Waals surface area contributed by atoms with Crippen LogP contribution in [0, 0.1) is 0 Å². The van der Waals surface area contributed by atoms with Crippen molar-refractivity contribution in [3.63, 3.8) is 0 Å². The van der Waals surface area contributed by atoms with Crippen molar-refractivity contribution in [3.8, 4) is 9.88 Å². The van der Waals surface area contributed by atoms with Gasteiger partial charge in [-0.25, -0.2) is 4.98 Å². The van der Waals surface area contributed by atoms with Crippen LogP contribution >= 0.6 is 22.7 Å². The van der Waals surface area contributed by atoms with Crippen molar-refractivity contribution in [1.82, 2.24) is 10.3 Å². The zero-order valence-corrected chi connectivity index (χ0v) is 16.0. The molecule has 0 unspecified atom stereocenters. The lowest BCUT2D eigenvalue weighted by Crippen LogP contribution is -2.34. The molecular weight excluding hydrogens is 366 g/mol. The molecule has 5 nitrogen and oxygen atoms in total. The molecule has 0 bridgehead atoms. The van der Waals surface area contributed by atoms with Gasteiger partial charge in [-0.2, -0.15) is 0 Å². The maximum atomic E-state index is 12.1. The predicted molar refractivity (Wildman–Crippen MR) is 107 cm³/mol. The zero-order chi connectivity index (χ0) is 18.4. The van der Waals surface area contributed by atoms with E-state index in [9.17, 15) is 9.59 Å². The Morgan fingerprint density at radius 3 is 2.69 bits per heavy atom. The minimum absolute atomic E-state index is 0.0567. The molecule has 0 radical (unpaired) electrons. The summed E-state index contributed by atoms with van der Waals surface area (Å²) in [6.45, 7) is 1.98. The number of para-hydroxylation sites is 1. The van der Waals surface area contributed by atoms with Gasteiger partial charge in [0.05, 0.1) is 23.5 Å². The van der Waals surface area contributed by atoms with E-state index < -0.39 is 0 Å². The van der Waals surface area contributed by atoms with Crippen LogP contribution in [0.4, 0.5) is 5.69 Å². The number of nitrogens with one attached hydrogen (secondary N) is 2. The molecule has 26 heavy (non-hydrogen) atoms. The molecule has 7 heteroatoms. The first-order valence-electron chi connectivity index (χ1n) is 8.28. The van der Waals surface area contributed by atoms with Gasteiger partial charge >= 0.3 is 0 Å². The summed E-state index contributed by atoms with van der Waals surface area (Å²) in [7, 11) is 0. The van der Waals surface area contributed by atoms with Gasteiger partial charge in [0.2, 0.25) is 11.8 Å². The molecule has 0 fully saturated rings. The van der Waals surface area contributed by atoms with Crippen LogP contribution in [0.25, 0.3) is 9.88 Å². The molecule has 3 rings (SSSR count). The number of aromatic nitrogens is 1. The number of hydrogen-bond acceptors (Lipinski definition) is 5. The molecule has 0 aliphatic rings. The van der Waals surface area contributed by atoms with Gasteiger partial charge in [0.1, 0.15) is 5.01 Å². The first-order chi connectivity index (χ1) is 12.7. The molecule has 3 aromatic rings. The summed E-state index contributed by atoms with van der Waals surface area (Å²) in [5, 5.41) is 10.3. The smallest absolute Gasteiger partial charge is 0.243 e. The molecule has 134 valence electrons. The van der Waals surface area contributed by atoms with Gasteiger partial charge in [-0.3, -0.25) is 9.59 Å². The number of thiazole rings is 1. The number of benzene rings is 1. The van der Waals surface area contributed by atoms with Crippen molar-refractivity contribution in [2.24, 2.45) is 0 Å². The van der Waals surface area contributed by atoms with Gasteiger partial charge in [0.15, 0.2) is 0 Å². The maximum Gasteiger partial charge on any atom is 0.243 e. The number of hydrogen-bond donors (Lipinski definition) is 2. The van der Waals surface area contributed by atoms with Crippen LogP contribution in [0.3, 0.4) is 0 Å². The van der Waals surface area contributed by atoms with Crippen molar-refractivity contribution in [1.29, 1.82) is 0 Å². The summed E-state index contributed by atoms with van der Waals surface area (Å²) in [4.78, 5) is 29.7. The lowest BCUT2D eigenvalue weighted by atomic mass is 10.1. The fourth-order valence-corrected chi connectivity index (χ4v) is 4.09. The first kappa shape index (κ1) is 18.3. The van der Waals surface area contributed by atoms with E-state index in [2.05, 4.69) is 15.6 Å². The van der Waals surface area contributed by atoms with E-state index in [1.165, 1.54) is 11.3 Å². The van der Waals surface area contributed by atoms with Crippen LogP contribution in [0.15, 0.2) is 47.2 Å². The van der Waals surface area contributed by atoms with E-state index in [0.717, 1.165) is 27.6 Å². The van der Waals surface area contributed by atoms with Crippen LogP contribution in [0.2, 0.25) is 0 Å². The minimum Gasteiger partial charge on any atom is -0.347 e. The Morgan fingerprint density at radius 1 is 1.08 bits per heavy atom. The Balaban J connectivity index is 1.49. The molecule has 2 aromatic heterocycles. The second-order valence-corrected chi connectivity index (χ2v) is 7.44. The number of carbonyl (C=O) groups excluding carboxylic acids is 2. The lowest BCUT2D eigenvalue weighted by molar-refractivity contribution is -0.123. The fourth-order valence-electron chi connectivity index (χ4n) is 2.45. The van der Waals surface area contributed by atoms with Gasteiger partial charge in [0, 0.05) is 11.1 Å². The molecular formula is C19H19N3O2S2. The summed E-state index contributed by atoms with van der Waals surface area (Å²) in [6, 6.07) is 11.6. The quantitative estimate of drug-likeness (QED) is 0.651. The SMILES string of the molecule is CCc1ccccc1NC(=O)CNC(=O)Cc1csc(-c2cccs2)n1. The Kier molecular flexibility index (Phi) is 6.14. The number of amides is 2. The van der Waals surface area contributed by atoms with Crippen LogP contribution in [-0.2, 0) is 22.4 Å². The highest BCUT2D eigenvalue weighted by molar-refractivity contribution is 7.20. The summed E-state index contributed by atoms with van der Waals surface area (Å²) >= 11 is 3.14. The molecule has 2 N–H and O–H groups in total. The van der Waals surface area contributed by atoms with E-state index in [1.54, 1.807) is 11.3 Å². The van der Waals surface area contributed by atoms with Gasteiger partial charge in [0.25, 0.3) is 0 Å². The third kappa shape index (κ3) is 4.77. The Morgan fingerprint density at radius 2 is 1.92 bits per heavy atom. The van der Waals surface area contributed by atoms with Gasteiger partial charge in [-0.15, -0.1) is 22.7 Å². The van der Waals surface area contributed by atoms with Crippen LogP contribution in [0.5, 0.6) is 0 Å². The van der Waals surface area contributed by atoms with E-state index in [1.807, 2.05) is 54.1 Å². The third-order valence-electron chi connectivity index (χ3n) is 3.74. The van der Waals surface area contributed by atoms with Crippen LogP contribution < -0.4 is 10.6 Å². The second kappa shape index (κ2) is 8.73. The van der Waals surface area contributed by atoms with E-state index >= 15 is 0 Å². The molecule has 0 saturated carbocycles. The van der Waals surface area contributed by atoms with Crippen LogP contribution in [-0.4, -0.2) is 23.3 Å². The topological polar surface area (TPSA) is 71.1 Å². The number of aryl methyl sites for hydroxylation is 1. The minimum atomic E-state index is -0.239. The lowest BCUT2D eigenvalue weighted by Gasteiger charge is -2.10. The highest BCUT2D eigenvalue weighted by Crippen LogP contribution is 2.27. The Bertz CT molecular complexity index is 888. The van der Waals surface area contributed by atoms with Crippen molar-refractivity contribution < 1.29 is 9.59 Å². The summed E-state index contributed by atoms with van der Waals surface area (Å²) in [5.74, 6) is -0.455. The standard InChI is InChI=1S/C19H19N3O2S2/c1-2-13-6-3-4-7-15(13)22-18(24)11-20-17(23)10-14-12-26-19(21-14)16-8-5-9-25-16/h3-9,12H,2,10-11H2,1H3,(H,20,23)(H,22,24). The van der Waals surface area contributed by atoms with Crippen molar-refractivity contribution in [2.45, 2.75) is 19.8 Å². The monoisotopic (exact) mass is 385 g/mol. The molecule has 2 amide bonds. The van der Waals surface area contributed by atoms with Gasteiger partial charge < -0.3 is 10.6 Å². The molecule has 0 saturated heterocycles. The maximum absolute atomic E-state index is 12.1. The molecule has 2 heterocycles. The third-order valence-corrected chi connectivity index (χ3v) is 5.67. The Labute approximate surface area is 160 Å².